The highest BCUT2D eigenvalue weighted by Gasteiger charge is 2.40. The Labute approximate surface area is 137 Å². The number of rotatable bonds is 3. The second kappa shape index (κ2) is 6.41. The van der Waals surface area contributed by atoms with E-state index in [2.05, 4.69) is 110 Å². The summed E-state index contributed by atoms with van der Waals surface area (Å²) in [4.78, 5) is 0. The quantitative estimate of drug-likeness (QED) is 0.591. The van der Waals surface area contributed by atoms with Crippen LogP contribution in [0.1, 0.15) is 0 Å². The fourth-order valence-electron chi connectivity index (χ4n) is 2.45. The molecule has 0 spiro atoms. The minimum Gasteiger partial charge on any atom is -0.0620 e. The van der Waals surface area contributed by atoms with Crippen LogP contribution in [0.2, 0.25) is 0 Å². The fraction of sp³-hybridized carbons (Fsp3) is 0. The van der Waals surface area contributed by atoms with Gasteiger partial charge in [0.25, 0.3) is 0 Å². The summed E-state index contributed by atoms with van der Waals surface area (Å²) in [6, 6.07) is 30.3. The SMILES string of the molecule is P[P+](c1ccccc1)(c1ccccc1)c1ccc(Br)cc1. The van der Waals surface area contributed by atoms with E-state index in [1.54, 1.807) is 0 Å². The average molecular weight is 374 g/mol. The predicted molar refractivity (Wildman–Crippen MR) is 103 cm³/mol. The maximum Gasteiger partial charge on any atom is 0.124 e. The zero-order valence-corrected chi connectivity index (χ0v) is 15.1. The molecule has 0 amide bonds. The molecule has 0 radical (unpaired) electrons. The molecule has 0 saturated heterocycles. The second-order valence-electron chi connectivity index (χ2n) is 4.87. The second-order valence-corrected chi connectivity index (χ2v) is 11.1. The third-order valence-corrected chi connectivity index (χ3v) is 10.1. The highest BCUT2D eigenvalue weighted by atomic mass is 79.9. The largest absolute Gasteiger partial charge is 0.124 e. The van der Waals surface area contributed by atoms with Crippen molar-refractivity contribution in [3.05, 3.63) is 89.4 Å². The molecule has 0 aromatic heterocycles. The van der Waals surface area contributed by atoms with Crippen molar-refractivity contribution in [3.63, 3.8) is 0 Å². The Hall–Kier alpha value is -1.00. The molecule has 0 aliphatic heterocycles. The average Bonchev–Trinajstić information content (AvgIpc) is 2.56. The standard InChI is InChI=1S/C18H16BrP2/c19-15-11-13-18(14-12-15)21(20,16-7-3-1-4-8-16)17-9-5-2-6-10-17/h1-14H,20H2/q+1. The summed E-state index contributed by atoms with van der Waals surface area (Å²) in [5.74, 6) is 0. The molecule has 1 atom stereocenters. The summed E-state index contributed by atoms with van der Waals surface area (Å²) in [6.45, 7) is -1.65. The van der Waals surface area contributed by atoms with E-state index < -0.39 is 6.95 Å². The molecule has 0 heterocycles. The number of halogens is 1. The minimum absolute atomic E-state index is 1.11. The van der Waals surface area contributed by atoms with Crippen molar-refractivity contribution in [1.29, 1.82) is 0 Å². The van der Waals surface area contributed by atoms with Crippen LogP contribution >= 0.6 is 31.8 Å². The Bertz CT molecular complexity index is 670. The van der Waals surface area contributed by atoms with Gasteiger partial charge >= 0.3 is 0 Å². The summed E-state index contributed by atoms with van der Waals surface area (Å²) in [5, 5.41) is 4.13. The van der Waals surface area contributed by atoms with Crippen LogP contribution in [-0.2, 0) is 0 Å². The van der Waals surface area contributed by atoms with Gasteiger partial charge in [-0.3, -0.25) is 0 Å². The molecule has 104 valence electrons. The lowest BCUT2D eigenvalue weighted by Crippen LogP contribution is -2.26. The van der Waals surface area contributed by atoms with Crippen LogP contribution in [0.5, 0.6) is 0 Å². The molecule has 3 rings (SSSR count). The van der Waals surface area contributed by atoms with Crippen molar-refractivity contribution in [3.8, 4) is 0 Å². The Balaban J connectivity index is 2.23. The molecule has 0 fully saturated rings. The van der Waals surface area contributed by atoms with Crippen LogP contribution in [0.15, 0.2) is 89.4 Å². The first-order valence-electron chi connectivity index (χ1n) is 6.76. The summed E-state index contributed by atoms with van der Waals surface area (Å²) in [5.41, 5.74) is 0. The third-order valence-electron chi connectivity index (χ3n) is 3.56. The van der Waals surface area contributed by atoms with Crippen molar-refractivity contribution in [2.24, 2.45) is 0 Å². The monoisotopic (exact) mass is 373 g/mol. The molecular weight excluding hydrogens is 358 g/mol. The minimum atomic E-state index is -1.65. The summed E-state index contributed by atoms with van der Waals surface area (Å²) in [7, 11) is 3.17. The van der Waals surface area contributed by atoms with Crippen LogP contribution in [0, 0.1) is 0 Å². The smallest absolute Gasteiger partial charge is 0.0620 e. The third kappa shape index (κ3) is 2.97. The zero-order valence-electron chi connectivity index (χ0n) is 11.5. The van der Waals surface area contributed by atoms with Gasteiger partial charge in [-0.2, -0.15) is 0 Å². The van der Waals surface area contributed by atoms with Gasteiger partial charge in [0.2, 0.25) is 0 Å². The van der Waals surface area contributed by atoms with Crippen LogP contribution in [-0.4, -0.2) is 0 Å². The number of benzene rings is 3. The van der Waals surface area contributed by atoms with Gasteiger partial charge in [-0.25, -0.2) is 0 Å². The molecule has 0 N–H and O–H groups in total. The maximum absolute atomic E-state index is 3.53. The van der Waals surface area contributed by atoms with Crippen LogP contribution in [0.4, 0.5) is 0 Å². The molecule has 0 aliphatic carbocycles. The Kier molecular flexibility index (Phi) is 4.55. The van der Waals surface area contributed by atoms with Gasteiger partial charge in [0.1, 0.15) is 22.9 Å². The van der Waals surface area contributed by atoms with Crippen LogP contribution < -0.4 is 15.9 Å². The van der Waals surface area contributed by atoms with E-state index in [4.69, 9.17) is 0 Å². The zero-order chi connectivity index (χ0) is 14.7. The number of hydrogen-bond donors (Lipinski definition) is 0. The van der Waals surface area contributed by atoms with Crippen molar-refractivity contribution in [2.75, 3.05) is 0 Å². The molecular formula is C18H16BrP2+. The van der Waals surface area contributed by atoms with E-state index in [0.717, 1.165) is 4.47 Å². The highest BCUT2D eigenvalue weighted by molar-refractivity contribution is 9.10. The van der Waals surface area contributed by atoms with Crippen molar-refractivity contribution in [2.45, 2.75) is 0 Å². The van der Waals surface area contributed by atoms with Gasteiger partial charge in [-0.15, -0.1) is 0 Å². The molecule has 0 bridgehead atoms. The highest BCUT2D eigenvalue weighted by Crippen LogP contribution is 2.62. The normalized spacial score (nSPS) is 11.3. The van der Waals surface area contributed by atoms with Gasteiger partial charge < -0.3 is 0 Å². The van der Waals surface area contributed by atoms with E-state index in [-0.39, 0.29) is 0 Å². The Morgan fingerprint density at radius 1 is 0.571 bits per heavy atom. The molecule has 0 aliphatic rings. The Morgan fingerprint density at radius 2 is 0.952 bits per heavy atom. The first kappa shape index (κ1) is 14.9. The molecule has 3 heteroatoms. The Morgan fingerprint density at radius 3 is 1.38 bits per heavy atom. The van der Waals surface area contributed by atoms with Gasteiger partial charge in [0.15, 0.2) is 0 Å². The van der Waals surface area contributed by atoms with E-state index >= 15 is 0 Å². The van der Waals surface area contributed by atoms with Gasteiger partial charge in [0.05, 0.1) is 0 Å². The molecule has 21 heavy (non-hydrogen) atoms. The summed E-state index contributed by atoms with van der Waals surface area (Å²) in [6.07, 6.45) is 0. The molecule has 0 nitrogen and oxygen atoms in total. The van der Waals surface area contributed by atoms with Gasteiger partial charge in [-0.1, -0.05) is 52.3 Å². The van der Waals surface area contributed by atoms with Crippen LogP contribution in [0.3, 0.4) is 0 Å². The lowest BCUT2D eigenvalue weighted by atomic mass is 10.4. The molecule has 3 aromatic rings. The molecule has 3 aromatic carbocycles. The van der Waals surface area contributed by atoms with Gasteiger partial charge in [-0.05, 0) is 48.5 Å². The first-order valence-corrected chi connectivity index (χ1v) is 11.0. The lowest BCUT2D eigenvalue weighted by molar-refractivity contribution is 1.69. The maximum atomic E-state index is 3.53. The molecule has 1 unspecified atom stereocenters. The number of hydrogen-bond acceptors (Lipinski definition) is 0. The fourth-order valence-corrected chi connectivity index (χ4v) is 7.06. The van der Waals surface area contributed by atoms with E-state index in [1.165, 1.54) is 15.9 Å². The first-order chi connectivity index (χ1) is 10.2. The van der Waals surface area contributed by atoms with E-state index in [1.807, 2.05) is 0 Å². The van der Waals surface area contributed by atoms with E-state index in [9.17, 15) is 0 Å². The van der Waals surface area contributed by atoms with Crippen LogP contribution in [0.25, 0.3) is 0 Å². The van der Waals surface area contributed by atoms with Crippen molar-refractivity contribution >= 4 is 47.7 Å². The van der Waals surface area contributed by atoms with E-state index in [0.29, 0.717) is 0 Å². The van der Waals surface area contributed by atoms with Gasteiger partial charge in [0, 0.05) is 13.4 Å². The topological polar surface area (TPSA) is 0 Å². The van der Waals surface area contributed by atoms with Crippen molar-refractivity contribution in [1.82, 2.24) is 0 Å². The summed E-state index contributed by atoms with van der Waals surface area (Å²) >= 11 is 3.53. The predicted octanol–water partition coefficient (Wildman–Crippen LogP) is 4.53. The lowest BCUT2D eigenvalue weighted by Gasteiger charge is -2.22. The molecule has 0 saturated carbocycles. The van der Waals surface area contributed by atoms with Crippen molar-refractivity contribution < 1.29 is 0 Å². The summed E-state index contributed by atoms with van der Waals surface area (Å²) < 4.78 is 1.11.